The molecule has 0 bridgehead atoms. The van der Waals surface area contributed by atoms with Gasteiger partial charge < -0.3 is 25.0 Å². The van der Waals surface area contributed by atoms with Crippen molar-refractivity contribution >= 4 is 17.9 Å². The van der Waals surface area contributed by atoms with Crippen LogP contribution in [0.1, 0.15) is 24.9 Å². The van der Waals surface area contributed by atoms with E-state index in [4.69, 9.17) is 9.84 Å². The van der Waals surface area contributed by atoms with Crippen molar-refractivity contribution in [3.05, 3.63) is 42.1 Å². The number of carboxylic acid groups (broad SMARTS) is 1. The Bertz CT molecular complexity index is 853. The molecule has 30 heavy (non-hydrogen) atoms. The van der Waals surface area contributed by atoms with Crippen LogP contribution in [0.2, 0.25) is 0 Å². The molecule has 1 aromatic carbocycles. The Morgan fingerprint density at radius 3 is 2.77 bits per heavy atom. The van der Waals surface area contributed by atoms with Gasteiger partial charge in [-0.05, 0) is 30.7 Å². The number of hydrogen-bond acceptors (Lipinski definition) is 6. The average Bonchev–Trinajstić information content (AvgIpc) is 3.16. The van der Waals surface area contributed by atoms with E-state index in [1.807, 2.05) is 29.2 Å². The summed E-state index contributed by atoms with van der Waals surface area (Å²) in [6.07, 6.45) is -1.20. The minimum absolute atomic E-state index is 0.0392. The van der Waals surface area contributed by atoms with Gasteiger partial charge in [-0.1, -0.05) is 12.1 Å². The summed E-state index contributed by atoms with van der Waals surface area (Å²) < 4.78 is 31.2. The second kappa shape index (κ2) is 9.55. The summed E-state index contributed by atoms with van der Waals surface area (Å²) in [5.74, 6) is 1.64. The number of nitrogens with one attached hydrogen (secondary N) is 1. The number of nitrogens with zero attached hydrogens (tertiary/aromatic N) is 4. The summed E-state index contributed by atoms with van der Waals surface area (Å²) in [6.45, 7) is 2.70. The predicted octanol–water partition coefficient (Wildman–Crippen LogP) is 3.16. The Morgan fingerprint density at radius 2 is 2.10 bits per heavy atom. The Labute approximate surface area is 173 Å². The van der Waals surface area contributed by atoms with Crippen molar-refractivity contribution in [2.45, 2.75) is 31.9 Å². The fourth-order valence-electron chi connectivity index (χ4n) is 3.32. The number of benzene rings is 1. The van der Waals surface area contributed by atoms with Crippen molar-refractivity contribution in [1.82, 2.24) is 15.3 Å². The van der Waals surface area contributed by atoms with E-state index < -0.39 is 19.1 Å². The largest absolute Gasteiger partial charge is 0.489 e. The normalized spacial score (nSPS) is 17.1. The zero-order chi connectivity index (χ0) is 21.7. The molecule has 0 radical (unpaired) electrons. The van der Waals surface area contributed by atoms with Gasteiger partial charge in [0, 0.05) is 26.2 Å². The molecule has 162 valence electrons. The topological polar surface area (TPSA) is 90.8 Å². The molecule has 8 nitrogen and oxygen atoms in total. The third kappa shape index (κ3) is 5.68. The van der Waals surface area contributed by atoms with Crippen molar-refractivity contribution in [3.8, 4) is 5.75 Å². The lowest BCUT2D eigenvalue weighted by molar-refractivity contribution is 0.156. The first-order valence-electron chi connectivity index (χ1n) is 9.65. The third-order valence-electron chi connectivity index (χ3n) is 4.87. The smallest absolute Gasteiger partial charge is 0.405 e. The standard InChI is InChI=1S/C20H25F2N5O3/c1-13(24-20(28)29)14-3-5-15(6-4-14)30-16-8-10-27(11-16)18-7-9-23-19(25-18)26(2)12-17(21)22/h3-7,9,13,16-17,24H,8,10-12H2,1-2H3,(H,28,29)/t13-,16+/m0/s1. The Balaban J connectivity index is 1.57. The lowest BCUT2D eigenvalue weighted by Crippen LogP contribution is -2.28. The lowest BCUT2D eigenvalue weighted by Gasteiger charge is -2.21. The predicted molar refractivity (Wildman–Crippen MR) is 109 cm³/mol. The molecular weight excluding hydrogens is 396 g/mol. The van der Waals surface area contributed by atoms with Crippen LogP contribution in [0.3, 0.4) is 0 Å². The fraction of sp³-hybridized carbons (Fsp3) is 0.450. The highest BCUT2D eigenvalue weighted by atomic mass is 19.3. The van der Waals surface area contributed by atoms with E-state index in [9.17, 15) is 13.6 Å². The summed E-state index contributed by atoms with van der Waals surface area (Å²) in [5.41, 5.74) is 0.847. The molecule has 1 saturated heterocycles. The summed E-state index contributed by atoms with van der Waals surface area (Å²) in [6, 6.07) is 8.75. The van der Waals surface area contributed by atoms with Crippen molar-refractivity contribution < 1.29 is 23.4 Å². The number of carbonyl (C=O) groups is 1. The van der Waals surface area contributed by atoms with Gasteiger partial charge in [-0.15, -0.1) is 0 Å². The molecule has 0 spiro atoms. The number of anilines is 2. The number of alkyl halides is 2. The van der Waals surface area contributed by atoms with Crippen molar-refractivity contribution in [2.24, 2.45) is 0 Å². The highest BCUT2D eigenvalue weighted by Crippen LogP contribution is 2.24. The van der Waals surface area contributed by atoms with E-state index in [1.54, 1.807) is 19.2 Å². The molecule has 2 N–H and O–H groups in total. The average molecular weight is 421 g/mol. The van der Waals surface area contributed by atoms with Gasteiger partial charge in [-0.25, -0.2) is 18.6 Å². The Morgan fingerprint density at radius 1 is 1.37 bits per heavy atom. The quantitative estimate of drug-likeness (QED) is 0.677. The maximum absolute atomic E-state index is 12.6. The Hall–Kier alpha value is -3.17. The van der Waals surface area contributed by atoms with E-state index in [0.717, 1.165) is 18.5 Å². The lowest BCUT2D eigenvalue weighted by atomic mass is 10.1. The molecular formula is C20H25F2N5O3. The molecule has 1 amide bonds. The molecule has 1 aliphatic rings. The highest BCUT2D eigenvalue weighted by Gasteiger charge is 2.26. The molecule has 10 heteroatoms. The monoisotopic (exact) mass is 421 g/mol. The first kappa shape index (κ1) is 21.5. The van der Waals surface area contributed by atoms with Gasteiger partial charge >= 0.3 is 6.09 Å². The number of ether oxygens (including phenoxy) is 1. The van der Waals surface area contributed by atoms with Gasteiger partial charge in [0.1, 0.15) is 17.7 Å². The summed E-state index contributed by atoms with van der Waals surface area (Å²) in [5, 5.41) is 11.2. The van der Waals surface area contributed by atoms with Crippen LogP contribution in [0.15, 0.2) is 36.5 Å². The number of hydrogen-bond donors (Lipinski definition) is 2. The summed E-state index contributed by atoms with van der Waals surface area (Å²) in [7, 11) is 1.54. The number of amides is 1. The minimum Gasteiger partial charge on any atom is -0.489 e. The second-order valence-electron chi connectivity index (χ2n) is 7.20. The molecule has 2 aromatic rings. The van der Waals surface area contributed by atoms with Crippen LogP contribution in [0.25, 0.3) is 0 Å². The molecule has 2 atom stereocenters. The van der Waals surface area contributed by atoms with E-state index in [2.05, 4.69) is 15.3 Å². The van der Waals surface area contributed by atoms with Crippen LogP contribution in [0, 0.1) is 0 Å². The Kier molecular flexibility index (Phi) is 6.86. The van der Waals surface area contributed by atoms with E-state index >= 15 is 0 Å². The van der Waals surface area contributed by atoms with Crippen LogP contribution in [-0.4, -0.2) is 60.4 Å². The van der Waals surface area contributed by atoms with Crippen molar-refractivity contribution in [2.75, 3.05) is 36.5 Å². The third-order valence-corrected chi connectivity index (χ3v) is 4.87. The highest BCUT2D eigenvalue weighted by molar-refractivity contribution is 5.65. The fourth-order valence-corrected chi connectivity index (χ4v) is 3.32. The van der Waals surface area contributed by atoms with Gasteiger partial charge in [-0.3, -0.25) is 0 Å². The van der Waals surface area contributed by atoms with Crippen LogP contribution in [0.4, 0.5) is 25.3 Å². The number of rotatable bonds is 8. The first-order chi connectivity index (χ1) is 14.3. The van der Waals surface area contributed by atoms with Crippen LogP contribution < -0.4 is 19.9 Å². The summed E-state index contributed by atoms with van der Waals surface area (Å²) >= 11 is 0. The number of aromatic nitrogens is 2. The molecule has 1 aromatic heterocycles. The van der Waals surface area contributed by atoms with Gasteiger partial charge in [0.2, 0.25) is 5.95 Å². The van der Waals surface area contributed by atoms with Crippen molar-refractivity contribution in [1.29, 1.82) is 0 Å². The summed E-state index contributed by atoms with van der Waals surface area (Å²) in [4.78, 5) is 22.6. The van der Waals surface area contributed by atoms with Crippen LogP contribution in [0.5, 0.6) is 5.75 Å². The molecule has 0 aliphatic carbocycles. The zero-order valence-electron chi connectivity index (χ0n) is 16.8. The van der Waals surface area contributed by atoms with E-state index in [0.29, 0.717) is 18.1 Å². The van der Waals surface area contributed by atoms with Gasteiger partial charge in [0.15, 0.2) is 0 Å². The van der Waals surface area contributed by atoms with Crippen LogP contribution in [-0.2, 0) is 0 Å². The van der Waals surface area contributed by atoms with Gasteiger partial charge in [-0.2, -0.15) is 4.98 Å². The van der Waals surface area contributed by atoms with Crippen LogP contribution >= 0.6 is 0 Å². The minimum atomic E-state index is -2.46. The van der Waals surface area contributed by atoms with E-state index in [-0.39, 0.29) is 18.1 Å². The molecule has 0 saturated carbocycles. The molecule has 1 fully saturated rings. The SMILES string of the molecule is C[C@H](NC(=O)O)c1ccc(O[C@@H]2CCN(c3ccnc(N(C)CC(F)F)n3)C2)cc1. The molecule has 0 unspecified atom stereocenters. The maximum Gasteiger partial charge on any atom is 0.405 e. The molecule has 1 aliphatic heterocycles. The van der Waals surface area contributed by atoms with Crippen molar-refractivity contribution in [3.63, 3.8) is 0 Å². The molecule has 2 heterocycles. The first-order valence-corrected chi connectivity index (χ1v) is 9.65. The number of halogens is 2. The van der Waals surface area contributed by atoms with Gasteiger partial charge in [0.05, 0.1) is 19.1 Å². The van der Waals surface area contributed by atoms with Gasteiger partial charge in [0.25, 0.3) is 6.43 Å². The second-order valence-corrected chi connectivity index (χ2v) is 7.20. The zero-order valence-corrected chi connectivity index (χ0v) is 16.8. The molecule has 3 rings (SSSR count). The van der Waals surface area contributed by atoms with E-state index in [1.165, 1.54) is 11.9 Å². The maximum atomic E-state index is 12.6.